The van der Waals surface area contributed by atoms with Crippen LogP contribution in [-0.2, 0) is 0 Å². The molecule has 0 aliphatic heterocycles. The van der Waals surface area contributed by atoms with Crippen molar-refractivity contribution < 1.29 is 23.1 Å². The monoisotopic (exact) mass is 220 g/mol. The Labute approximate surface area is 82.8 Å². The second-order valence-corrected chi connectivity index (χ2v) is 2.56. The van der Waals surface area contributed by atoms with Crippen LogP contribution >= 0.6 is 0 Å². The summed E-state index contributed by atoms with van der Waals surface area (Å²) >= 11 is 0. The predicted molar refractivity (Wildman–Crippen MR) is 45.6 cm³/mol. The molecule has 7 heteroatoms. The first-order valence-electron chi connectivity index (χ1n) is 3.76. The van der Waals surface area contributed by atoms with E-state index >= 15 is 0 Å². The number of alkyl halides is 3. The van der Waals surface area contributed by atoms with Crippen LogP contribution in [0.4, 0.5) is 13.2 Å². The quantitative estimate of drug-likeness (QED) is 0.345. The summed E-state index contributed by atoms with van der Waals surface area (Å²) in [6.45, 7) is 0. The molecule has 0 aliphatic carbocycles. The van der Waals surface area contributed by atoms with E-state index in [4.69, 9.17) is 10.9 Å². The molecule has 3 N–H and O–H groups in total. The molecule has 1 aromatic carbocycles. The van der Waals surface area contributed by atoms with E-state index in [1.54, 1.807) is 0 Å². The van der Waals surface area contributed by atoms with Crippen LogP contribution in [0.1, 0.15) is 5.56 Å². The fraction of sp³-hybridized carbons (Fsp3) is 0.125. The number of benzene rings is 1. The second kappa shape index (κ2) is 4.07. The zero-order chi connectivity index (χ0) is 11.5. The molecule has 15 heavy (non-hydrogen) atoms. The van der Waals surface area contributed by atoms with Gasteiger partial charge in [-0.15, -0.1) is 13.2 Å². The highest BCUT2D eigenvalue weighted by atomic mass is 19.4. The normalized spacial score (nSPS) is 12.6. The van der Waals surface area contributed by atoms with Gasteiger partial charge in [0.05, 0.1) is 0 Å². The van der Waals surface area contributed by atoms with Crippen LogP contribution in [0, 0.1) is 0 Å². The van der Waals surface area contributed by atoms with Gasteiger partial charge in [-0.2, -0.15) is 0 Å². The number of nitrogens with zero attached hydrogens (tertiary/aromatic N) is 1. The minimum atomic E-state index is -4.76. The van der Waals surface area contributed by atoms with Crippen molar-refractivity contribution in [3.8, 4) is 5.75 Å². The Balaban J connectivity index is 2.93. The smallest absolute Gasteiger partial charge is 0.409 e. The summed E-state index contributed by atoms with van der Waals surface area (Å²) in [5.41, 5.74) is 5.33. The third kappa shape index (κ3) is 3.37. The van der Waals surface area contributed by atoms with Crippen molar-refractivity contribution in [2.75, 3.05) is 0 Å². The SMILES string of the molecule is N/C(=N\O)c1cccc(OC(F)(F)F)c1. The zero-order valence-corrected chi connectivity index (χ0v) is 7.32. The molecule has 0 unspecified atom stereocenters. The number of hydrogen-bond acceptors (Lipinski definition) is 3. The Hall–Kier alpha value is -1.92. The molecular weight excluding hydrogens is 213 g/mol. The summed E-state index contributed by atoms with van der Waals surface area (Å²) in [5.74, 6) is -0.714. The Kier molecular flexibility index (Phi) is 3.03. The molecule has 0 spiro atoms. The summed E-state index contributed by atoms with van der Waals surface area (Å²) in [6.07, 6.45) is -4.76. The molecule has 0 bridgehead atoms. The van der Waals surface area contributed by atoms with Crippen LogP contribution in [0.25, 0.3) is 0 Å². The van der Waals surface area contributed by atoms with Gasteiger partial charge in [0, 0.05) is 5.56 Å². The maximum atomic E-state index is 11.8. The second-order valence-electron chi connectivity index (χ2n) is 2.56. The van der Waals surface area contributed by atoms with Gasteiger partial charge in [0.15, 0.2) is 5.84 Å². The van der Waals surface area contributed by atoms with Gasteiger partial charge >= 0.3 is 6.36 Å². The molecule has 0 atom stereocenters. The maximum Gasteiger partial charge on any atom is 0.573 e. The van der Waals surface area contributed by atoms with Gasteiger partial charge in [0.25, 0.3) is 0 Å². The molecule has 0 heterocycles. The summed E-state index contributed by atoms with van der Waals surface area (Å²) in [5, 5.41) is 11.0. The van der Waals surface area contributed by atoms with E-state index < -0.39 is 12.1 Å². The van der Waals surface area contributed by atoms with Crippen LogP contribution in [0.2, 0.25) is 0 Å². The van der Waals surface area contributed by atoms with E-state index in [1.807, 2.05) is 0 Å². The lowest BCUT2D eigenvalue weighted by molar-refractivity contribution is -0.274. The highest BCUT2D eigenvalue weighted by Gasteiger charge is 2.31. The maximum absolute atomic E-state index is 11.8. The van der Waals surface area contributed by atoms with Gasteiger partial charge in [-0.05, 0) is 12.1 Å². The van der Waals surface area contributed by atoms with Crippen molar-refractivity contribution in [3.63, 3.8) is 0 Å². The first kappa shape index (κ1) is 11.2. The number of nitrogens with two attached hydrogens (primary N) is 1. The van der Waals surface area contributed by atoms with Crippen molar-refractivity contribution in [1.29, 1.82) is 0 Å². The molecule has 4 nitrogen and oxygen atoms in total. The van der Waals surface area contributed by atoms with Crippen molar-refractivity contribution >= 4 is 5.84 Å². The Morgan fingerprint density at radius 3 is 2.60 bits per heavy atom. The van der Waals surface area contributed by atoms with Crippen LogP contribution < -0.4 is 10.5 Å². The minimum Gasteiger partial charge on any atom is -0.409 e. The van der Waals surface area contributed by atoms with Crippen LogP contribution in [0.5, 0.6) is 5.75 Å². The summed E-state index contributed by atoms with van der Waals surface area (Å²) in [6, 6.07) is 4.82. The number of amidine groups is 1. The Bertz CT molecular complexity index is 376. The number of ether oxygens (including phenoxy) is 1. The molecule has 1 aromatic rings. The van der Waals surface area contributed by atoms with Crippen LogP contribution in [-0.4, -0.2) is 17.4 Å². The number of halogens is 3. The number of rotatable bonds is 2. The Morgan fingerprint density at radius 1 is 1.40 bits per heavy atom. The van der Waals surface area contributed by atoms with Gasteiger partial charge in [-0.1, -0.05) is 17.3 Å². The molecule has 0 aliphatic rings. The average Bonchev–Trinajstić information content (AvgIpc) is 2.14. The van der Waals surface area contributed by atoms with Crippen molar-refractivity contribution in [2.45, 2.75) is 6.36 Å². The van der Waals surface area contributed by atoms with Crippen molar-refractivity contribution in [1.82, 2.24) is 0 Å². The lowest BCUT2D eigenvalue weighted by Gasteiger charge is -2.09. The molecule has 0 fully saturated rings. The van der Waals surface area contributed by atoms with Gasteiger partial charge in [0.2, 0.25) is 0 Å². The minimum absolute atomic E-state index is 0.138. The van der Waals surface area contributed by atoms with Crippen LogP contribution in [0.15, 0.2) is 29.4 Å². The van der Waals surface area contributed by atoms with Gasteiger partial charge in [-0.3, -0.25) is 0 Å². The first-order chi connectivity index (χ1) is 6.92. The van der Waals surface area contributed by atoms with E-state index in [9.17, 15) is 13.2 Å². The third-order valence-electron chi connectivity index (χ3n) is 1.47. The largest absolute Gasteiger partial charge is 0.573 e. The highest BCUT2D eigenvalue weighted by molar-refractivity contribution is 5.97. The van der Waals surface area contributed by atoms with Crippen molar-refractivity contribution in [3.05, 3.63) is 29.8 Å². The third-order valence-corrected chi connectivity index (χ3v) is 1.47. The zero-order valence-electron chi connectivity index (χ0n) is 7.32. The molecule has 0 amide bonds. The molecule has 0 saturated heterocycles. The average molecular weight is 220 g/mol. The molecular formula is C8H7F3N2O2. The standard InChI is InChI=1S/C8H7F3N2O2/c9-8(10,11)15-6-3-1-2-5(4-6)7(12)13-14/h1-4,14H,(H2,12,13). The molecule has 82 valence electrons. The predicted octanol–water partition coefficient (Wildman–Crippen LogP) is 1.68. The molecule has 0 saturated carbocycles. The van der Waals surface area contributed by atoms with Crippen molar-refractivity contribution in [2.24, 2.45) is 10.9 Å². The van der Waals surface area contributed by atoms with Crippen LogP contribution in [0.3, 0.4) is 0 Å². The molecule has 0 aromatic heterocycles. The summed E-state index contributed by atoms with van der Waals surface area (Å²) < 4.78 is 39.1. The van der Waals surface area contributed by atoms with Gasteiger partial charge in [-0.25, -0.2) is 0 Å². The fourth-order valence-corrected chi connectivity index (χ4v) is 0.910. The van der Waals surface area contributed by atoms with E-state index in [0.717, 1.165) is 12.1 Å². The fourth-order valence-electron chi connectivity index (χ4n) is 0.910. The lowest BCUT2D eigenvalue weighted by Crippen LogP contribution is -2.18. The lowest BCUT2D eigenvalue weighted by atomic mass is 10.2. The Morgan fingerprint density at radius 2 is 2.07 bits per heavy atom. The topological polar surface area (TPSA) is 67.8 Å². The first-order valence-corrected chi connectivity index (χ1v) is 3.76. The molecule has 1 rings (SSSR count). The molecule has 0 radical (unpaired) electrons. The summed E-state index contributed by atoms with van der Waals surface area (Å²) in [7, 11) is 0. The van der Waals surface area contributed by atoms with E-state index in [0.29, 0.717) is 0 Å². The van der Waals surface area contributed by atoms with E-state index in [-0.39, 0.29) is 11.4 Å². The number of oxime groups is 1. The number of hydrogen-bond donors (Lipinski definition) is 2. The van der Waals surface area contributed by atoms with E-state index in [2.05, 4.69) is 9.89 Å². The van der Waals surface area contributed by atoms with Gasteiger partial charge in [0.1, 0.15) is 5.75 Å². The highest BCUT2D eigenvalue weighted by Crippen LogP contribution is 2.23. The van der Waals surface area contributed by atoms with E-state index in [1.165, 1.54) is 12.1 Å². The summed E-state index contributed by atoms with van der Waals surface area (Å²) in [4.78, 5) is 0. The van der Waals surface area contributed by atoms with Gasteiger partial charge < -0.3 is 15.7 Å².